The number of aliphatic hydroxyl groups is 1. The Morgan fingerprint density at radius 3 is 2.12 bits per heavy atom. The Balaban J connectivity index is 0. The van der Waals surface area contributed by atoms with Crippen LogP contribution in [0.5, 0.6) is 0 Å². The molecule has 1 atom stereocenters. The Morgan fingerprint density at radius 2 is 1.88 bits per heavy atom. The molecule has 4 heteroatoms. The largest absolute Gasteiger partial charge is 0.463 e. The maximum atomic E-state index is 10.2. The molecule has 1 N–H and O–H groups in total. The van der Waals surface area contributed by atoms with Crippen LogP contribution in [0.15, 0.2) is 12.7 Å². The van der Waals surface area contributed by atoms with Crippen LogP contribution in [0, 0.1) is 0 Å². The highest BCUT2D eigenvalue weighted by atomic mass is 16.5. The smallest absolute Gasteiger partial charge is 0.330 e. The zero-order valence-corrected chi connectivity index (χ0v) is 11.6. The van der Waals surface area contributed by atoms with Gasteiger partial charge in [0, 0.05) is 6.08 Å². The van der Waals surface area contributed by atoms with E-state index in [9.17, 15) is 9.90 Å². The van der Waals surface area contributed by atoms with Crippen LogP contribution in [0.2, 0.25) is 0 Å². The number of esters is 1. The second-order valence-electron chi connectivity index (χ2n) is 3.48. The van der Waals surface area contributed by atoms with Gasteiger partial charge in [0.05, 0.1) is 6.61 Å². The van der Waals surface area contributed by atoms with E-state index >= 15 is 0 Å². The van der Waals surface area contributed by atoms with Crippen molar-refractivity contribution < 1.29 is 14.6 Å². The highest BCUT2D eigenvalue weighted by molar-refractivity contribution is 5.81. The molecule has 0 radical (unpaired) electrons. The van der Waals surface area contributed by atoms with E-state index in [0.717, 1.165) is 32.0 Å². The number of rotatable bonds is 7. The molecule has 0 aliphatic rings. The van der Waals surface area contributed by atoms with Gasteiger partial charge in [-0.1, -0.05) is 34.3 Å². The number of carbonyl (C=O) groups is 1. The average Bonchev–Trinajstić information content (AvgIpc) is 2.37. The molecule has 1 unspecified atom stereocenters. The van der Waals surface area contributed by atoms with Gasteiger partial charge in [-0.05, 0) is 25.9 Å². The Morgan fingerprint density at radius 1 is 1.35 bits per heavy atom. The van der Waals surface area contributed by atoms with Gasteiger partial charge in [-0.2, -0.15) is 0 Å². The van der Waals surface area contributed by atoms with Crippen molar-refractivity contribution in [1.29, 1.82) is 0 Å². The van der Waals surface area contributed by atoms with Gasteiger partial charge in [0.2, 0.25) is 0 Å². The van der Waals surface area contributed by atoms with Crippen LogP contribution in [-0.2, 0) is 9.53 Å². The summed E-state index contributed by atoms with van der Waals surface area (Å²) in [4.78, 5) is 12.3. The first-order valence-corrected chi connectivity index (χ1v) is 6.28. The van der Waals surface area contributed by atoms with Crippen molar-refractivity contribution in [2.45, 2.75) is 46.8 Å². The van der Waals surface area contributed by atoms with E-state index in [0.29, 0.717) is 6.61 Å². The van der Waals surface area contributed by atoms with E-state index in [-0.39, 0.29) is 12.2 Å². The number of hydrogen-bond donors (Lipinski definition) is 1. The van der Waals surface area contributed by atoms with Gasteiger partial charge in [-0.15, -0.1) is 0 Å². The third kappa shape index (κ3) is 11.4. The lowest BCUT2D eigenvalue weighted by atomic mass is 10.3. The maximum Gasteiger partial charge on any atom is 0.330 e. The molecule has 0 bridgehead atoms. The molecule has 4 nitrogen and oxygen atoms in total. The lowest BCUT2D eigenvalue weighted by Gasteiger charge is -2.23. The molecule has 0 aromatic carbocycles. The standard InChI is InChI=1S/C7H17NO.C6H10O2/c1-4-7(9)8(5-2)6-3;1-3-5-8-6(7)4-2/h7,9H,4-6H2,1-3H3;4H,2-3,5H2,1H3. The molecular weight excluding hydrogens is 218 g/mol. The Labute approximate surface area is 105 Å². The number of aliphatic hydroxyl groups excluding tert-OH is 1. The summed E-state index contributed by atoms with van der Waals surface area (Å²) in [7, 11) is 0. The summed E-state index contributed by atoms with van der Waals surface area (Å²) in [5.41, 5.74) is 0. The zero-order chi connectivity index (χ0) is 13.7. The van der Waals surface area contributed by atoms with E-state index in [1.165, 1.54) is 0 Å². The summed E-state index contributed by atoms with van der Waals surface area (Å²) in [5, 5.41) is 9.24. The molecule has 0 saturated heterocycles. The summed E-state index contributed by atoms with van der Waals surface area (Å²) < 4.78 is 4.58. The summed E-state index contributed by atoms with van der Waals surface area (Å²) in [5.74, 6) is -0.341. The van der Waals surface area contributed by atoms with Crippen LogP contribution in [0.1, 0.15) is 40.5 Å². The molecule has 17 heavy (non-hydrogen) atoms. The zero-order valence-electron chi connectivity index (χ0n) is 11.6. The Kier molecular flexibility index (Phi) is 14.4. The SMILES string of the molecule is C=CC(=O)OCCC.CCC(O)N(CC)CC. The molecule has 0 aliphatic carbocycles. The van der Waals surface area contributed by atoms with Crippen molar-refractivity contribution >= 4 is 5.97 Å². The van der Waals surface area contributed by atoms with Gasteiger partial charge in [0.25, 0.3) is 0 Å². The van der Waals surface area contributed by atoms with E-state index in [4.69, 9.17) is 0 Å². The van der Waals surface area contributed by atoms with Gasteiger partial charge in [0.1, 0.15) is 6.23 Å². The lowest BCUT2D eigenvalue weighted by molar-refractivity contribution is -0.137. The molecule has 0 rings (SSSR count). The van der Waals surface area contributed by atoms with Crippen molar-refractivity contribution in [3.05, 3.63) is 12.7 Å². The lowest BCUT2D eigenvalue weighted by Crippen LogP contribution is -2.34. The fourth-order valence-electron chi connectivity index (χ4n) is 1.16. The molecule has 102 valence electrons. The molecule has 0 amide bonds. The van der Waals surface area contributed by atoms with E-state index in [1.807, 2.05) is 18.7 Å². The average molecular weight is 245 g/mol. The first kappa shape index (κ1) is 18.5. The van der Waals surface area contributed by atoms with Crippen LogP contribution in [-0.4, -0.2) is 41.9 Å². The molecule has 0 aliphatic heterocycles. The summed E-state index contributed by atoms with van der Waals surface area (Å²) in [6, 6.07) is 0. The Hall–Kier alpha value is -0.870. The second-order valence-corrected chi connectivity index (χ2v) is 3.48. The molecule has 0 aromatic heterocycles. The van der Waals surface area contributed by atoms with Gasteiger partial charge < -0.3 is 9.84 Å². The summed E-state index contributed by atoms with van der Waals surface area (Å²) in [6.45, 7) is 13.6. The van der Waals surface area contributed by atoms with Crippen LogP contribution >= 0.6 is 0 Å². The van der Waals surface area contributed by atoms with E-state index < -0.39 is 0 Å². The fourth-order valence-corrected chi connectivity index (χ4v) is 1.16. The second kappa shape index (κ2) is 13.2. The molecule has 0 saturated carbocycles. The van der Waals surface area contributed by atoms with Crippen molar-refractivity contribution in [3.63, 3.8) is 0 Å². The molecule has 0 fully saturated rings. The number of ether oxygens (including phenoxy) is 1. The van der Waals surface area contributed by atoms with Gasteiger partial charge in [-0.3, -0.25) is 4.90 Å². The van der Waals surface area contributed by atoms with E-state index in [1.54, 1.807) is 0 Å². The van der Waals surface area contributed by atoms with Crippen molar-refractivity contribution in [2.24, 2.45) is 0 Å². The molecular formula is C13H27NO3. The first-order chi connectivity index (χ1) is 8.06. The minimum Gasteiger partial charge on any atom is -0.463 e. The predicted molar refractivity (Wildman–Crippen MR) is 70.7 cm³/mol. The van der Waals surface area contributed by atoms with E-state index in [2.05, 4.69) is 25.2 Å². The predicted octanol–water partition coefficient (Wildman–Crippen LogP) is 2.18. The van der Waals surface area contributed by atoms with Crippen LogP contribution in [0.25, 0.3) is 0 Å². The number of hydrogen-bond acceptors (Lipinski definition) is 4. The van der Waals surface area contributed by atoms with Crippen LogP contribution in [0.3, 0.4) is 0 Å². The molecule has 0 heterocycles. The number of nitrogens with zero attached hydrogens (tertiary/aromatic N) is 1. The van der Waals surface area contributed by atoms with Crippen LogP contribution in [0.4, 0.5) is 0 Å². The van der Waals surface area contributed by atoms with Crippen molar-refractivity contribution in [3.8, 4) is 0 Å². The highest BCUT2D eigenvalue weighted by Gasteiger charge is 2.07. The van der Waals surface area contributed by atoms with Gasteiger partial charge in [-0.25, -0.2) is 4.79 Å². The van der Waals surface area contributed by atoms with Gasteiger partial charge in [0.15, 0.2) is 0 Å². The fraction of sp³-hybridized carbons (Fsp3) is 0.769. The topological polar surface area (TPSA) is 49.8 Å². The summed E-state index contributed by atoms with van der Waals surface area (Å²) >= 11 is 0. The monoisotopic (exact) mass is 245 g/mol. The third-order valence-corrected chi connectivity index (χ3v) is 2.21. The first-order valence-electron chi connectivity index (χ1n) is 6.28. The van der Waals surface area contributed by atoms with Gasteiger partial charge >= 0.3 is 5.97 Å². The van der Waals surface area contributed by atoms with Crippen molar-refractivity contribution in [1.82, 2.24) is 4.90 Å². The third-order valence-electron chi connectivity index (χ3n) is 2.21. The maximum absolute atomic E-state index is 10.2. The summed E-state index contributed by atoms with van der Waals surface area (Å²) in [6.07, 6.45) is 2.61. The van der Waals surface area contributed by atoms with Crippen LogP contribution < -0.4 is 0 Å². The normalized spacial score (nSPS) is 11.4. The minimum atomic E-state index is -0.341. The number of carbonyl (C=O) groups excluding carboxylic acids is 1. The Bertz CT molecular complexity index is 191. The molecule has 0 spiro atoms. The molecule has 0 aromatic rings. The quantitative estimate of drug-likeness (QED) is 0.424. The minimum absolute atomic E-state index is 0.236. The highest BCUT2D eigenvalue weighted by Crippen LogP contribution is 1.97. The van der Waals surface area contributed by atoms with Crippen molar-refractivity contribution in [2.75, 3.05) is 19.7 Å².